The van der Waals surface area contributed by atoms with Crippen molar-refractivity contribution in [3.63, 3.8) is 0 Å². The van der Waals surface area contributed by atoms with Crippen LogP contribution in [0.1, 0.15) is 10.4 Å². The molecule has 3 aromatic carbocycles. The van der Waals surface area contributed by atoms with Gasteiger partial charge in [-0.25, -0.2) is 4.98 Å². The van der Waals surface area contributed by atoms with Gasteiger partial charge in [-0.05, 0) is 64.5 Å². The predicted octanol–water partition coefficient (Wildman–Crippen LogP) is 6.47. The molecule has 1 amide bonds. The van der Waals surface area contributed by atoms with E-state index in [2.05, 4.69) is 32.3 Å². The number of carbonyl (C=O) groups is 1. The molecule has 0 unspecified atom stereocenters. The zero-order valence-electron chi connectivity index (χ0n) is 14.8. The number of methoxy groups -OCH3 is 1. The van der Waals surface area contributed by atoms with Gasteiger partial charge in [0.1, 0.15) is 5.75 Å². The van der Waals surface area contributed by atoms with Gasteiger partial charge < -0.3 is 10.1 Å². The van der Waals surface area contributed by atoms with Crippen molar-refractivity contribution in [2.24, 2.45) is 0 Å². The highest BCUT2D eigenvalue weighted by molar-refractivity contribution is 9.10. The summed E-state index contributed by atoms with van der Waals surface area (Å²) in [4.78, 5) is 18.3. The van der Waals surface area contributed by atoms with Crippen molar-refractivity contribution in [1.29, 1.82) is 0 Å². The first-order chi connectivity index (χ1) is 13.6. The Morgan fingerprint density at radius 3 is 2.61 bits per heavy atom. The van der Waals surface area contributed by atoms with Crippen molar-refractivity contribution in [2.45, 2.75) is 9.24 Å². The normalized spacial score (nSPS) is 10.8. The maximum absolute atomic E-state index is 12.6. The Morgan fingerprint density at radius 2 is 1.86 bits per heavy atom. The standard InChI is InChI=1S/C21H15BrN2O2S2/c1-26-19-15(5-4-6-16(19)22)20(25)23-13-9-11-14(12-10-13)27-21-24-17-7-2-3-8-18(17)28-21/h2-12H,1H3,(H,23,25). The number of carbonyl (C=O) groups excluding carboxylic acids is 1. The Balaban J connectivity index is 1.47. The lowest BCUT2D eigenvalue weighted by Crippen LogP contribution is -2.13. The van der Waals surface area contributed by atoms with Gasteiger partial charge in [-0.2, -0.15) is 0 Å². The molecule has 0 aliphatic heterocycles. The maximum atomic E-state index is 12.6. The lowest BCUT2D eigenvalue weighted by atomic mass is 10.2. The number of amides is 1. The van der Waals surface area contributed by atoms with Gasteiger partial charge in [-0.3, -0.25) is 4.79 Å². The van der Waals surface area contributed by atoms with Crippen molar-refractivity contribution in [1.82, 2.24) is 4.98 Å². The van der Waals surface area contributed by atoms with Gasteiger partial charge >= 0.3 is 0 Å². The van der Waals surface area contributed by atoms with Crippen molar-refractivity contribution in [2.75, 3.05) is 12.4 Å². The molecule has 1 N–H and O–H groups in total. The van der Waals surface area contributed by atoms with E-state index in [-0.39, 0.29) is 5.91 Å². The Hall–Kier alpha value is -2.35. The fraction of sp³-hybridized carbons (Fsp3) is 0.0476. The molecule has 0 saturated carbocycles. The predicted molar refractivity (Wildman–Crippen MR) is 119 cm³/mol. The number of ether oxygens (including phenoxy) is 1. The summed E-state index contributed by atoms with van der Waals surface area (Å²) in [6, 6.07) is 21.2. The van der Waals surface area contributed by atoms with Crippen LogP contribution in [0.3, 0.4) is 0 Å². The van der Waals surface area contributed by atoms with Crippen molar-refractivity contribution in [3.05, 3.63) is 76.8 Å². The summed E-state index contributed by atoms with van der Waals surface area (Å²) >= 11 is 6.69. The van der Waals surface area contributed by atoms with Crippen LogP contribution in [0.25, 0.3) is 10.2 Å². The average Bonchev–Trinajstić information content (AvgIpc) is 3.11. The minimum Gasteiger partial charge on any atom is -0.495 e. The van der Waals surface area contributed by atoms with Gasteiger partial charge in [-0.1, -0.05) is 30.0 Å². The Bertz CT molecular complexity index is 1110. The van der Waals surface area contributed by atoms with E-state index in [1.165, 1.54) is 4.70 Å². The van der Waals surface area contributed by atoms with E-state index in [0.717, 1.165) is 24.9 Å². The van der Waals surface area contributed by atoms with Crippen molar-refractivity contribution in [3.8, 4) is 5.75 Å². The van der Waals surface area contributed by atoms with Gasteiger partial charge in [0.2, 0.25) is 0 Å². The molecule has 0 atom stereocenters. The van der Waals surface area contributed by atoms with E-state index in [0.29, 0.717) is 11.3 Å². The van der Waals surface area contributed by atoms with E-state index in [1.807, 2.05) is 48.5 Å². The summed E-state index contributed by atoms with van der Waals surface area (Å²) in [5, 5.41) is 2.91. The van der Waals surface area contributed by atoms with Crippen LogP contribution in [-0.4, -0.2) is 18.0 Å². The molecule has 0 fully saturated rings. The quantitative estimate of drug-likeness (QED) is 0.363. The Morgan fingerprint density at radius 1 is 1.07 bits per heavy atom. The number of para-hydroxylation sites is 2. The lowest BCUT2D eigenvalue weighted by Gasteiger charge is -2.11. The number of aromatic nitrogens is 1. The fourth-order valence-corrected chi connectivity index (χ4v) is 5.26. The minimum absolute atomic E-state index is 0.218. The van der Waals surface area contributed by atoms with Crippen LogP contribution in [0.4, 0.5) is 5.69 Å². The molecule has 0 aliphatic carbocycles. The van der Waals surface area contributed by atoms with Crippen LogP contribution in [0, 0.1) is 0 Å². The largest absolute Gasteiger partial charge is 0.495 e. The minimum atomic E-state index is -0.218. The number of anilines is 1. The van der Waals surface area contributed by atoms with Crippen LogP contribution >= 0.6 is 39.0 Å². The van der Waals surface area contributed by atoms with Crippen LogP contribution in [0.15, 0.2) is 80.4 Å². The fourth-order valence-electron chi connectivity index (χ4n) is 2.70. The number of hydrogen-bond donors (Lipinski definition) is 1. The number of hydrogen-bond acceptors (Lipinski definition) is 5. The molecular weight excluding hydrogens is 456 g/mol. The second-order valence-electron chi connectivity index (χ2n) is 5.85. The second-order valence-corrected chi connectivity index (χ2v) is 9.05. The van der Waals surface area contributed by atoms with Gasteiger partial charge in [0.25, 0.3) is 5.91 Å². The Labute approximate surface area is 179 Å². The van der Waals surface area contributed by atoms with Gasteiger partial charge in [0.15, 0.2) is 4.34 Å². The summed E-state index contributed by atoms with van der Waals surface area (Å²) < 4.78 is 8.24. The van der Waals surface area contributed by atoms with E-state index >= 15 is 0 Å². The molecule has 0 saturated heterocycles. The monoisotopic (exact) mass is 470 g/mol. The molecule has 4 rings (SSSR count). The smallest absolute Gasteiger partial charge is 0.259 e. The third kappa shape index (κ3) is 4.06. The molecule has 1 aromatic heterocycles. The van der Waals surface area contributed by atoms with Crippen LogP contribution in [0.2, 0.25) is 0 Å². The summed E-state index contributed by atoms with van der Waals surface area (Å²) in [7, 11) is 1.55. The summed E-state index contributed by atoms with van der Waals surface area (Å²) in [5.41, 5.74) is 2.22. The first kappa shape index (κ1) is 19.0. The van der Waals surface area contributed by atoms with E-state index in [4.69, 9.17) is 4.74 Å². The Kier molecular flexibility index (Phi) is 5.66. The summed E-state index contributed by atoms with van der Waals surface area (Å²) in [6.45, 7) is 0. The lowest BCUT2D eigenvalue weighted by molar-refractivity contribution is 0.102. The molecule has 1 heterocycles. The van der Waals surface area contributed by atoms with E-state index in [9.17, 15) is 4.79 Å². The molecule has 4 aromatic rings. The molecule has 140 valence electrons. The van der Waals surface area contributed by atoms with Gasteiger partial charge in [0.05, 0.1) is 27.4 Å². The number of halogens is 1. The van der Waals surface area contributed by atoms with Crippen molar-refractivity contribution >= 4 is 60.8 Å². The van der Waals surface area contributed by atoms with Crippen LogP contribution < -0.4 is 10.1 Å². The van der Waals surface area contributed by atoms with Crippen LogP contribution in [-0.2, 0) is 0 Å². The van der Waals surface area contributed by atoms with Crippen LogP contribution in [0.5, 0.6) is 5.75 Å². The first-order valence-corrected chi connectivity index (χ1v) is 10.8. The van der Waals surface area contributed by atoms with Gasteiger partial charge in [0, 0.05) is 10.6 Å². The SMILES string of the molecule is COc1c(Br)cccc1C(=O)Nc1ccc(Sc2nc3ccccc3s2)cc1. The highest BCUT2D eigenvalue weighted by Crippen LogP contribution is 2.35. The third-order valence-corrected chi connectivity index (χ3v) is 6.74. The molecule has 0 bridgehead atoms. The first-order valence-electron chi connectivity index (χ1n) is 8.41. The van der Waals surface area contributed by atoms with E-state index < -0.39 is 0 Å². The summed E-state index contributed by atoms with van der Waals surface area (Å²) in [6.07, 6.45) is 0. The topological polar surface area (TPSA) is 51.2 Å². The number of nitrogens with one attached hydrogen (secondary N) is 1. The summed E-state index contributed by atoms with van der Waals surface area (Å²) in [5.74, 6) is 0.299. The average molecular weight is 471 g/mol. The molecule has 7 heteroatoms. The molecule has 4 nitrogen and oxygen atoms in total. The zero-order chi connectivity index (χ0) is 19.5. The second kappa shape index (κ2) is 8.34. The molecule has 28 heavy (non-hydrogen) atoms. The number of benzene rings is 3. The number of thiazole rings is 1. The molecule has 0 aliphatic rings. The van der Waals surface area contributed by atoms with E-state index in [1.54, 1.807) is 42.3 Å². The number of rotatable bonds is 5. The maximum Gasteiger partial charge on any atom is 0.259 e. The molecule has 0 spiro atoms. The highest BCUT2D eigenvalue weighted by atomic mass is 79.9. The molecule has 0 radical (unpaired) electrons. The molecular formula is C21H15BrN2O2S2. The van der Waals surface area contributed by atoms with Gasteiger partial charge in [-0.15, -0.1) is 11.3 Å². The number of fused-ring (bicyclic) bond motifs is 1. The third-order valence-electron chi connectivity index (χ3n) is 4.01. The zero-order valence-corrected chi connectivity index (χ0v) is 18.0. The highest BCUT2D eigenvalue weighted by Gasteiger charge is 2.15. The van der Waals surface area contributed by atoms with Crippen molar-refractivity contribution < 1.29 is 9.53 Å². The number of nitrogens with zero attached hydrogens (tertiary/aromatic N) is 1.